The molecule has 1 aromatic carbocycles. The quantitative estimate of drug-likeness (QED) is 0.895. The van der Waals surface area contributed by atoms with Gasteiger partial charge in [-0.15, -0.1) is 0 Å². The van der Waals surface area contributed by atoms with E-state index in [9.17, 15) is 23.5 Å². The fourth-order valence-corrected chi connectivity index (χ4v) is 1.95. The van der Waals surface area contributed by atoms with Gasteiger partial charge in [0.05, 0.1) is 0 Å². The van der Waals surface area contributed by atoms with E-state index in [2.05, 4.69) is 5.32 Å². The van der Waals surface area contributed by atoms with Crippen LogP contribution in [0.4, 0.5) is 13.6 Å². The second kappa shape index (κ2) is 6.72. The minimum absolute atomic E-state index is 0.337. The van der Waals surface area contributed by atoms with Crippen molar-refractivity contribution < 1.29 is 28.2 Å². The molecule has 2 N–H and O–H groups in total. The Hall–Kier alpha value is -2.18. The highest BCUT2D eigenvalue weighted by atomic mass is 19.1. The van der Waals surface area contributed by atoms with Crippen molar-refractivity contribution >= 4 is 12.1 Å². The number of hydrogen-bond donors (Lipinski definition) is 2. The lowest BCUT2D eigenvalue weighted by atomic mass is 9.92. The molecule has 1 amide bonds. The second-order valence-corrected chi connectivity index (χ2v) is 5.92. The van der Waals surface area contributed by atoms with Crippen molar-refractivity contribution in [3.8, 4) is 0 Å². The molecule has 5 nitrogen and oxygen atoms in total. The SMILES string of the molecule is C[C@@H](NC(=O)OC(C)(C)C)C(C(=O)O)c1cc(F)ccc1F. The van der Waals surface area contributed by atoms with Crippen LogP contribution < -0.4 is 5.32 Å². The third-order valence-electron chi connectivity index (χ3n) is 2.80. The largest absolute Gasteiger partial charge is 0.481 e. The third-order valence-corrected chi connectivity index (χ3v) is 2.80. The van der Waals surface area contributed by atoms with E-state index in [1.807, 2.05) is 0 Å². The average molecular weight is 315 g/mol. The number of halogens is 2. The molecule has 0 aliphatic rings. The first-order chi connectivity index (χ1) is 10.0. The number of rotatable bonds is 4. The first-order valence-electron chi connectivity index (χ1n) is 6.68. The van der Waals surface area contributed by atoms with E-state index in [0.717, 1.165) is 18.2 Å². The van der Waals surface area contributed by atoms with Crippen LogP contribution in [0.5, 0.6) is 0 Å². The van der Waals surface area contributed by atoms with E-state index >= 15 is 0 Å². The number of aliphatic carboxylic acids is 1. The molecule has 0 aliphatic carbocycles. The summed E-state index contributed by atoms with van der Waals surface area (Å²) in [5, 5.41) is 11.6. The highest BCUT2D eigenvalue weighted by Gasteiger charge is 2.31. The number of carbonyl (C=O) groups excluding carboxylic acids is 1. The Bertz CT molecular complexity index is 569. The second-order valence-electron chi connectivity index (χ2n) is 5.92. The summed E-state index contributed by atoms with van der Waals surface area (Å²) in [6.45, 7) is 6.33. The van der Waals surface area contributed by atoms with Gasteiger partial charge in [-0.25, -0.2) is 13.6 Å². The predicted octanol–water partition coefficient (Wildman–Crippen LogP) is 3.05. The Morgan fingerprint density at radius 2 is 1.86 bits per heavy atom. The van der Waals surface area contributed by atoms with Gasteiger partial charge < -0.3 is 15.2 Å². The Morgan fingerprint density at radius 1 is 1.27 bits per heavy atom. The minimum Gasteiger partial charge on any atom is -0.481 e. The highest BCUT2D eigenvalue weighted by Crippen LogP contribution is 2.24. The van der Waals surface area contributed by atoms with Crippen molar-refractivity contribution in [2.75, 3.05) is 0 Å². The van der Waals surface area contributed by atoms with Crippen LogP contribution in [0.1, 0.15) is 39.2 Å². The summed E-state index contributed by atoms with van der Waals surface area (Å²) >= 11 is 0. The Kier molecular flexibility index (Phi) is 5.46. The van der Waals surface area contributed by atoms with E-state index in [4.69, 9.17) is 4.74 Å². The summed E-state index contributed by atoms with van der Waals surface area (Å²) in [6.07, 6.45) is -0.830. The first-order valence-corrected chi connectivity index (χ1v) is 6.68. The van der Waals surface area contributed by atoms with Crippen molar-refractivity contribution in [3.63, 3.8) is 0 Å². The Labute approximate surface area is 127 Å². The number of carboxylic acid groups (broad SMARTS) is 1. The van der Waals surface area contributed by atoms with Gasteiger partial charge in [-0.05, 0) is 45.9 Å². The first kappa shape index (κ1) is 17.9. The van der Waals surface area contributed by atoms with Crippen molar-refractivity contribution in [2.45, 2.75) is 45.3 Å². The number of carbonyl (C=O) groups is 2. The molecular formula is C15H19F2NO4. The van der Waals surface area contributed by atoms with Gasteiger partial charge in [-0.1, -0.05) is 0 Å². The van der Waals surface area contributed by atoms with E-state index in [1.165, 1.54) is 6.92 Å². The van der Waals surface area contributed by atoms with Gasteiger partial charge in [-0.2, -0.15) is 0 Å². The molecule has 0 aromatic heterocycles. The molecule has 2 atom stereocenters. The topological polar surface area (TPSA) is 75.6 Å². The molecule has 122 valence electrons. The molecule has 0 spiro atoms. The summed E-state index contributed by atoms with van der Waals surface area (Å²) < 4.78 is 32.0. The summed E-state index contributed by atoms with van der Waals surface area (Å²) in [4.78, 5) is 23.1. The zero-order valence-electron chi connectivity index (χ0n) is 12.8. The van der Waals surface area contributed by atoms with Gasteiger partial charge in [0, 0.05) is 11.6 Å². The molecule has 0 bridgehead atoms. The molecule has 1 unspecified atom stereocenters. The van der Waals surface area contributed by atoms with Crippen molar-refractivity contribution in [1.82, 2.24) is 5.32 Å². The number of nitrogens with one attached hydrogen (secondary N) is 1. The smallest absolute Gasteiger partial charge is 0.407 e. The molecule has 0 radical (unpaired) electrons. The molecule has 1 rings (SSSR count). The molecular weight excluding hydrogens is 296 g/mol. The fraction of sp³-hybridized carbons (Fsp3) is 0.467. The lowest BCUT2D eigenvalue weighted by Crippen LogP contribution is -2.42. The van der Waals surface area contributed by atoms with Crippen LogP contribution >= 0.6 is 0 Å². The molecule has 1 aromatic rings. The monoisotopic (exact) mass is 315 g/mol. The number of carboxylic acids is 1. The maximum absolute atomic E-state index is 13.8. The molecule has 0 fully saturated rings. The van der Waals surface area contributed by atoms with Crippen LogP contribution in [-0.4, -0.2) is 28.8 Å². The molecule has 0 heterocycles. The highest BCUT2D eigenvalue weighted by molar-refractivity contribution is 5.78. The lowest BCUT2D eigenvalue weighted by molar-refractivity contribution is -0.139. The van der Waals surface area contributed by atoms with Crippen molar-refractivity contribution in [1.29, 1.82) is 0 Å². The van der Waals surface area contributed by atoms with Gasteiger partial charge in [-0.3, -0.25) is 4.79 Å². The van der Waals surface area contributed by atoms with Crippen molar-refractivity contribution in [3.05, 3.63) is 35.4 Å². The maximum Gasteiger partial charge on any atom is 0.407 e. The standard InChI is InChI=1S/C15H19F2NO4/c1-8(18-14(21)22-15(2,3)4)12(13(19)20)10-7-9(16)5-6-11(10)17/h5-8,12H,1-4H3,(H,18,21)(H,19,20)/t8-,12?/m1/s1. The Morgan fingerprint density at radius 3 is 2.36 bits per heavy atom. The van der Waals surface area contributed by atoms with Crippen molar-refractivity contribution in [2.24, 2.45) is 0 Å². The van der Waals surface area contributed by atoms with Crippen LogP contribution in [0, 0.1) is 11.6 Å². The van der Waals surface area contributed by atoms with Crippen LogP contribution in [0.3, 0.4) is 0 Å². The van der Waals surface area contributed by atoms with Gasteiger partial charge in [0.1, 0.15) is 23.2 Å². The third kappa shape index (κ3) is 4.98. The Balaban J connectivity index is 2.98. The molecule has 0 aliphatic heterocycles. The summed E-state index contributed by atoms with van der Waals surface area (Å²) in [5.74, 6) is -4.44. The predicted molar refractivity (Wildman–Crippen MR) is 75.6 cm³/mol. The van der Waals surface area contributed by atoms with Gasteiger partial charge in [0.2, 0.25) is 0 Å². The maximum atomic E-state index is 13.8. The van der Waals surface area contributed by atoms with Gasteiger partial charge >= 0.3 is 12.1 Å². The molecule has 0 saturated heterocycles. The van der Waals surface area contributed by atoms with Crippen LogP contribution in [0.15, 0.2) is 18.2 Å². The fourth-order valence-electron chi connectivity index (χ4n) is 1.95. The van der Waals surface area contributed by atoms with Gasteiger partial charge in [0.25, 0.3) is 0 Å². The minimum atomic E-state index is -1.44. The molecule has 0 saturated carbocycles. The number of ether oxygens (including phenoxy) is 1. The van der Waals surface area contributed by atoms with Crippen LogP contribution in [-0.2, 0) is 9.53 Å². The lowest BCUT2D eigenvalue weighted by Gasteiger charge is -2.25. The molecule has 22 heavy (non-hydrogen) atoms. The number of hydrogen-bond acceptors (Lipinski definition) is 3. The number of alkyl carbamates (subject to hydrolysis) is 1. The normalized spacial score (nSPS) is 14.1. The summed E-state index contributed by atoms with van der Waals surface area (Å²) in [6, 6.07) is 1.55. The average Bonchev–Trinajstić information content (AvgIpc) is 2.30. The zero-order valence-corrected chi connectivity index (χ0v) is 12.8. The van der Waals surface area contributed by atoms with E-state index in [-0.39, 0.29) is 5.56 Å². The van der Waals surface area contributed by atoms with E-state index in [1.54, 1.807) is 20.8 Å². The summed E-state index contributed by atoms with van der Waals surface area (Å²) in [7, 11) is 0. The number of amides is 1. The van der Waals surface area contributed by atoms with E-state index < -0.39 is 41.3 Å². The van der Waals surface area contributed by atoms with Crippen LogP contribution in [0.2, 0.25) is 0 Å². The van der Waals surface area contributed by atoms with E-state index in [0.29, 0.717) is 0 Å². The summed E-state index contributed by atoms with van der Waals surface area (Å²) in [5.41, 5.74) is -1.09. The molecule has 7 heteroatoms. The van der Waals surface area contributed by atoms with Gasteiger partial charge in [0.15, 0.2) is 0 Å². The number of benzene rings is 1. The van der Waals surface area contributed by atoms with Crippen LogP contribution in [0.25, 0.3) is 0 Å². The zero-order chi connectivity index (χ0) is 17.1.